The first kappa shape index (κ1) is 14.5. The van der Waals surface area contributed by atoms with E-state index in [1.165, 1.54) is 0 Å². The first-order valence-corrected chi connectivity index (χ1v) is 6.13. The number of nitrogens with zero attached hydrogens (tertiary/aromatic N) is 2. The molecule has 6 nitrogen and oxygen atoms in total. The number of hydrogen-bond acceptors (Lipinski definition) is 6. The molecular weight excluding hydrogens is 260 g/mol. The first-order valence-electron chi connectivity index (χ1n) is 6.13. The lowest BCUT2D eigenvalue weighted by Crippen LogP contribution is -2.00. The molecular formula is C14H16N2O4. The van der Waals surface area contributed by atoms with Gasteiger partial charge in [0.1, 0.15) is 0 Å². The molecule has 6 heteroatoms. The molecule has 20 heavy (non-hydrogen) atoms. The third-order valence-electron chi connectivity index (χ3n) is 2.84. The van der Waals surface area contributed by atoms with Gasteiger partial charge in [0.05, 0.1) is 49.2 Å². The van der Waals surface area contributed by atoms with Crippen LogP contribution in [0, 0.1) is 0 Å². The van der Waals surface area contributed by atoms with Gasteiger partial charge in [-0.15, -0.1) is 0 Å². The summed E-state index contributed by atoms with van der Waals surface area (Å²) in [6, 6.07) is 6.77. The third-order valence-corrected chi connectivity index (χ3v) is 2.84. The Morgan fingerprint density at radius 3 is 1.00 bits per heavy atom. The highest BCUT2D eigenvalue weighted by molar-refractivity contribution is 5.65. The van der Waals surface area contributed by atoms with Crippen LogP contribution in [0.15, 0.2) is 24.3 Å². The minimum absolute atomic E-state index is 0.231. The lowest BCUT2D eigenvalue weighted by molar-refractivity contribution is 0.265. The summed E-state index contributed by atoms with van der Waals surface area (Å²) in [6.07, 6.45) is 0. The molecule has 2 heterocycles. The summed E-state index contributed by atoms with van der Waals surface area (Å²) in [6.45, 7) is -0.922. The lowest BCUT2D eigenvalue weighted by Gasteiger charge is -2.09. The smallest absolute Gasteiger partial charge is 0.0853 e. The number of aliphatic hydroxyl groups is 4. The van der Waals surface area contributed by atoms with E-state index in [9.17, 15) is 20.4 Å². The molecule has 0 aliphatic heterocycles. The highest BCUT2D eigenvalue weighted by Gasteiger charge is 2.08. The summed E-state index contributed by atoms with van der Waals surface area (Å²) in [4.78, 5) is 8.13. The van der Waals surface area contributed by atoms with E-state index in [2.05, 4.69) is 9.97 Å². The van der Waals surface area contributed by atoms with Crippen LogP contribution in [0.5, 0.6) is 0 Å². The van der Waals surface area contributed by atoms with Crippen molar-refractivity contribution in [3.8, 4) is 11.1 Å². The van der Waals surface area contributed by atoms with E-state index in [0.717, 1.165) is 11.1 Å². The van der Waals surface area contributed by atoms with E-state index in [0.29, 0.717) is 22.8 Å². The molecule has 0 atom stereocenters. The molecule has 0 amide bonds. The van der Waals surface area contributed by atoms with Crippen molar-refractivity contribution in [1.82, 2.24) is 9.97 Å². The van der Waals surface area contributed by atoms with Crippen molar-refractivity contribution in [1.29, 1.82) is 0 Å². The summed E-state index contributed by atoms with van der Waals surface area (Å²) in [7, 11) is 0. The van der Waals surface area contributed by atoms with Gasteiger partial charge in [0.2, 0.25) is 0 Å². The van der Waals surface area contributed by atoms with Gasteiger partial charge in [-0.1, -0.05) is 0 Å². The topological polar surface area (TPSA) is 107 Å². The maximum Gasteiger partial charge on any atom is 0.0853 e. The largest absolute Gasteiger partial charge is 0.390 e. The lowest BCUT2D eigenvalue weighted by atomic mass is 10.0. The fraction of sp³-hybridized carbons (Fsp3) is 0.286. The predicted molar refractivity (Wildman–Crippen MR) is 71.2 cm³/mol. The van der Waals surface area contributed by atoms with Crippen LogP contribution in [-0.2, 0) is 26.4 Å². The molecule has 2 aromatic heterocycles. The van der Waals surface area contributed by atoms with Gasteiger partial charge < -0.3 is 20.4 Å². The quantitative estimate of drug-likeness (QED) is 0.617. The van der Waals surface area contributed by atoms with E-state index in [1.54, 1.807) is 24.3 Å². The molecule has 0 aliphatic carbocycles. The molecule has 2 aromatic rings. The molecule has 0 radical (unpaired) electrons. The van der Waals surface area contributed by atoms with Crippen molar-refractivity contribution in [2.75, 3.05) is 0 Å². The van der Waals surface area contributed by atoms with Gasteiger partial charge in [-0.2, -0.15) is 0 Å². The Labute approximate surface area is 116 Å². The van der Waals surface area contributed by atoms with Gasteiger partial charge in [0.15, 0.2) is 0 Å². The van der Waals surface area contributed by atoms with Crippen LogP contribution in [-0.4, -0.2) is 30.4 Å². The van der Waals surface area contributed by atoms with Crippen molar-refractivity contribution in [3.63, 3.8) is 0 Å². The molecule has 106 valence electrons. The van der Waals surface area contributed by atoms with E-state index in [-0.39, 0.29) is 26.4 Å². The second kappa shape index (κ2) is 6.53. The average molecular weight is 276 g/mol. The number of rotatable bonds is 5. The minimum atomic E-state index is -0.231. The van der Waals surface area contributed by atoms with Crippen molar-refractivity contribution in [3.05, 3.63) is 47.0 Å². The Hall–Kier alpha value is -1.86. The average Bonchev–Trinajstić information content (AvgIpc) is 2.53. The standard InChI is InChI=1S/C14H16N2O4/c17-5-11-1-9(2-12(6-18)15-11)10-3-13(7-19)16-14(4-10)8-20/h1-4,17-20H,5-8H2. The molecule has 0 saturated carbocycles. The van der Waals surface area contributed by atoms with Gasteiger partial charge in [-0.25, -0.2) is 0 Å². The maximum atomic E-state index is 9.19. The summed E-state index contributed by atoms with van der Waals surface area (Å²) in [5, 5.41) is 36.8. The van der Waals surface area contributed by atoms with E-state index >= 15 is 0 Å². The molecule has 0 unspecified atom stereocenters. The number of aromatic nitrogens is 2. The molecule has 0 aromatic carbocycles. The first-order chi connectivity index (χ1) is 9.69. The molecule has 0 bridgehead atoms. The number of hydrogen-bond donors (Lipinski definition) is 4. The van der Waals surface area contributed by atoms with Gasteiger partial charge in [-0.3, -0.25) is 9.97 Å². The number of pyridine rings is 2. The predicted octanol–water partition coefficient (Wildman–Crippen LogP) is 0.113. The summed E-state index contributed by atoms with van der Waals surface area (Å²) < 4.78 is 0. The van der Waals surface area contributed by atoms with Crippen LogP contribution in [0.2, 0.25) is 0 Å². The molecule has 4 N–H and O–H groups in total. The van der Waals surface area contributed by atoms with Gasteiger partial charge >= 0.3 is 0 Å². The summed E-state index contributed by atoms with van der Waals surface area (Å²) >= 11 is 0. The Morgan fingerprint density at radius 1 is 0.550 bits per heavy atom. The third kappa shape index (κ3) is 3.17. The van der Waals surface area contributed by atoms with Crippen LogP contribution in [0.1, 0.15) is 22.8 Å². The van der Waals surface area contributed by atoms with Crippen LogP contribution in [0.3, 0.4) is 0 Å². The van der Waals surface area contributed by atoms with Crippen molar-refractivity contribution < 1.29 is 20.4 Å². The Kier molecular flexibility index (Phi) is 4.75. The molecule has 0 saturated heterocycles. The maximum absolute atomic E-state index is 9.19. The molecule has 0 fully saturated rings. The molecule has 0 spiro atoms. The van der Waals surface area contributed by atoms with E-state index < -0.39 is 0 Å². The van der Waals surface area contributed by atoms with Gasteiger partial charge in [0, 0.05) is 0 Å². The Bertz CT molecular complexity index is 504. The van der Waals surface area contributed by atoms with Gasteiger partial charge in [0.25, 0.3) is 0 Å². The number of aliphatic hydroxyl groups excluding tert-OH is 4. The van der Waals surface area contributed by atoms with E-state index in [4.69, 9.17) is 0 Å². The second-order valence-electron chi connectivity index (χ2n) is 4.31. The zero-order valence-electron chi connectivity index (χ0n) is 10.8. The van der Waals surface area contributed by atoms with Crippen LogP contribution in [0.4, 0.5) is 0 Å². The molecule has 0 aliphatic rings. The monoisotopic (exact) mass is 276 g/mol. The highest BCUT2D eigenvalue weighted by Crippen LogP contribution is 2.23. The second-order valence-corrected chi connectivity index (χ2v) is 4.31. The molecule has 2 rings (SSSR count). The van der Waals surface area contributed by atoms with Crippen LogP contribution < -0.4 is 0 Å². The minimum Gasteiger partial charge on any atom is -0.390 e. The van der Waals surface area contributed by atoms with Crippen molar-refractivity contribution in [2.24, 2.45) is 0 Å². The summed E-state index contributed by atoms with van der Waals surface area (Å²) in [5.41, 5.74) is 3.25. The Balaban J connectivity index is 2.54. The fourth-order valence-electron chi connectivity index (χ4n) is 1.96. The SMILES string of the molecule is OCc1cc(-c2cc(CO)nc(CO)c2)cc(CO)n1. The Morgan fingerprint density at radius 2 is 0.800 bits per heavy atom. The van der Waals surface area contributed by atoms with E-state index in [1.807, 2.05) is 0 Å². The zero-order valence-corrected chi connectivity index (χ0v) is 10.8. The van der Waals surface area contributed by atoms with Crippen molar-refractivity contribution in [2.45, 2.75) is 26.4 Å². The zero-order chi connectivity index (χ0) is 14.5. The van der Waals surface area contributed by atoms with Crippen LogP contribution >= 0.6 is 0 Å². The fourth-order valence-corrected chi connectivity index (χ4v) is 1.96. The normalized spacial score (nSPS) is 10.8. The highest BCUT2D eigenvalue weighted by atomic mass is 16.3. The summed E-state index contributed by atoms with van der Waals surface area (Å²) in [5.74, 6) is 0. The van der Waals surface area contributed by atoms with Crippen molar-refractivity contribution >= 4 is 0 Å². The van der Waals surface area contributed by atoms with Gasteiger partial charge in [-0.05, 0) is 35.4 Å². The van der Waals surface area contributed by atoms with Crippen LogP contribution in [0.25, 0.3) is 11.1 Å².